The van der Waals surface area contributed by atoms with E-state index in [0.29, 0.717) is 25.6 Å². The lowest BCUT2D eigenvalue weighted by molar-refractivity contribution is -0.132. The van der Waals surface area contributed by atoms with E-state index in [1.54, 1.807) is 0 Å². The number of carbonyl (C=O) groups excluding carboxylic acids is 1. The SMILES string of the molecule is O=C(CCN(Cc1cccc2ccccc12)C1CC1)N(CCc1ccccn1)Cc1ccccc1. The number of rotatable bonds is 11. The van der Waals surface area contributed by atoms with E-state index in [0.717, 1.165) is 30.8 Å². The second-order valence-corrected chi connectivity index (χ2v) is 9.46. The number of amides is 1. The molecule has 5 rings (SSSR count). The van der Waals surface area contributed by atoms with Gasteiger partial charge in [0.1, 0.15) is 0 Å². The van der Waals surface area contributed by atoms with E-state index in [1.165, 1.54) is 29.2 Å². The van der Waals surface area contributed by atoms with Crippen molar-refractivity contribution in [1.82, 2.24) is 14.8 Å². The van der Waals surface area contributed by atoms with Gasteiger partial charge >= 0.3 is 0 Å². The largest absolute Gasteiger partial charge is 0.338 e. The molecule has 1 aliphatic carbocycles. The Labute approximate surface area is 208 Å². The van der Waals surface area contributed by atoms with Gasteiger partial charge in [-0.2, -0.15) is 0 Å². The molecule has 4 heteroatoms. The molecule has 1 fully saturated rings. The van der Waals surface area contributed by atoms with Crippen LogP contribution >= 0.6 is 0 Å². The predicted molar refractivity (Wildman–Crippen MR) is 142 cm³/mol. The number of nitrogens with zero attached hydrogens (tertiary/aromatic N) is 3. The first-order valence-corrected chi connectivity index (χ1v) is 12.7. The van der Waals surface area contributed by atoms with Crippen molar-refractivity contribution in [2.24, 2.45) is 0 Å². The number of hydrogen-bond acceptors (Lipinski definition) is 3. The Morgan fingerprint density at radius 2 is 1.57 bits per heavy atom. The molecular formula is C31H33N3O. The highest BCUT2D eigenvalue weighted by Gasteiger charge is 2.30. The van der Waals surface area contributed by atoms with E-state index in [4.69, 9.17) is 0 Å². The number of aromatic nitrogens is 1. The fourth-order valence-electron chi connectivity index (χ4n) is 4.77. The molecule has 0 N–H and O–H groups in total. The number of fused-ring (bicyclic) bond motifs is 1. The number of benzene rings is 3. The van der Waals surface area contributed by atoms with Crippen molar-refractivity contribution in [2.75, 3.05) is 13.1 Å². The third kappa shape index (κ3) is 6.34. The zero-order valence-electron chi connectivity index (χ0n) is 20.2. The van der Waals surface area contributed by atoms with Crippen LogP contribution in [0.1, 0.15) is 36.1 Å². The minimum absolute atomic E-state index is 0.216. The van der Waals surface area contributed by atoms with Crippen molar-refractivity contribution in [2.45, 2.75) is 44.8 Å². The highest BCUT2D eigenvalue weighted by Crippen LogP contribution is 2.30. The molecular weight excluding hydrogens is 430 g/mol. The maximum atomic E-state index is 13.5. The van der Waals surface area contributed by atoms with Crippen LogP contribution in [-0.4, -0.2) is 39.8 Å². The van der Waals surface area contributed by atoms with Crippen molar-refractivity contribution < 1.29 is 4.79 Å². The zero-order valence-corrected chi connectivity index (χ0v) is 20.2. The van der Waals surface area contributed by atoms with Gasteiger partial charge in [0.2, 0.25) is 5.91 Å². The molecule has 0 atom stereocenters. The third-order valence-corrected chi connectivity index (χ3v) is 6.86. The maximum Gasteiger partial charge on any atom is 0.224 e. The lowest BCUT2D eigenvalue weighted by Crippen LogP contribution is -2.36. The number of hydrogen-bond donors (Lipinski definition) is 0. The highest BCUT2D eigenvalue weighted by atomic mass is 16.2. The van der Waals surface area contributed by atoms with Gasteiger partial charge in [0, 0.05) is 57.0 Å². The van der Waals surface area contributed by atoms with Crippen molar-refractivity contribution in [3.63, 3.8) is 0 Å². The Balaban J connectivity index is 1.26. The molecule has 1 amide bonds. The molecule has 0 bridgehead atoms. The first kappa shape index (κ1) is 23.3. The van der Waals surface area contributed by atoms with E-state index >= 15 is 0 Å². The minimum atomic E-state index is 0.216. The highest BCUT2D eigenvalue weighted by molar-refractivity contribution is 5.85. The van der Waals surface area contributed by atoms with Gasteiger partial charge in [0.25, 0.3) is 0 Å². The minimum Gasteiger partial charge on any atom is -0.338 e. The van der Waals surface area contributed by atoms with Crippen LogP contribution in [0.25, 0.3) is 10.8 Å². The molecule has 0 radical (unpaired) electrons. The molecule has 1 aromatic heterocycles. The first-order chi connectivity index (χ1) is 17.3. The van der Waals surface area contributed by atoms with Crippen molar-refractivity contribution in [1.29, 1.82) is 0 Å². The van der Waals surface area contributed by atoms with Crippen LogP contribution in [-0.2, 0) is 24.3 Å². The Morgan fingerprint density at radius 1 is 0.800 bits per heavy atom. The Kier molecular flexibility index (Phi) is 7.50. The van der Waals surface area contributed by atoms with Gasteiger partial charge in [-0.1, -0.05) is 78.9 Å². The Bertz CT molecular complexity index is 1230. The summed E-state index contributed by atoms with van der Waals surface area (Å²) in [7, 11) is 0. The maximum absolute atomic E-state index is 13.5. The topological polar surface area (TPSA) is 36.4 Å². The van der Waals surface area contributed by atoms with Gasteiger partial charge in [0.15, 0.2) is 0 Å². The summed E-state index contributed by atoms with van der Waals surface area (Å²) in [4.78, 5) is 22.4. The molecule has 4 aromatic rings. The molecule has 178 valence electrons. The molecule has 0 aliphatic heterocycles. The Hall–Kier alpha value is -3.50. The van der Waals surface area contributed by atoms with E-state index in [9.17, 15) is 4.79 Å². The fraction of sp³-hybridized carbons (Fsp3) is 0.290. The summed E-state index contributed by atoms with van der Waals surface area (Å²) in [6, 6.07) is 32.0. The van der Waals surface area contributed by atoms with Crippen LogP contribution in [0.5, 0.6) is 0 Å². The molecule has 1 saturated carbocycles. The molecule has 1 aliphatic rings. The van der Waals surface area contributed by atoms with Gasteiger partial charge in [-0.15, -0.1) is 0 Å². The molecule has 1 heterocycles. The first-order valence-electron chi connectivity index (χ1n) is 12.7. The van der Waals surface area contributed by atoms with Crippen LogP contribution in [0.2, 0.25) is 0 Å². The Morgan fingerprint density at radius 3 is 2.37 bits per heavy atom. The molecule has 0 spiro atoms. The summed E-state index contributed by atoms with van der Waals surface area (Å²) >= 11 is 0. The lowest BCUT2D eigenvalue weighted by atomic mass is 10.0. The predicted octanol–water partition coefficient (Wildman–Crippen LogP) is 5.86. The van der Waals surface area contributed by atoms with Crippen LogP contribution in [0.3, 0.4) is 0 Å². The molecule has 3 aromatic carbocycles. The zero-order chi connectivity index (χ0) is 23.9. The summed E-state index contributed by atoms with van der Waals surface area (Å²) in [6.07, 6.45) is 5.58. The van der Waals surface area contributed by atoms with Crippen LogP contribution in [0, 0.1) is 0 Å². The van der Waals surface area contributed by atoms with Crippen molar-refractivity contribution >= 4 is 16.7 Å². The second kappa shape index (κ2) is 11.3. The van der Waals surface area contributed by atoms with E-state index in [1.807, 2.05) is 47.5 Å². The van der Waals surface area contributed by atoms with Crippen molar-refractivity contribution in [3.8, 4) is 0 Å². The monoisotopic (exact) mass is 463 g/mol. The van der Waals surface area contributed by atoms with Gasteiger partial charge < -0.3 is 4.90 Å². The van der Waals surface area contributed by atoms with Gasteiger partial charge in [-0.05, 0) is 46.9 Å². The van der Waals surface area contributed by atoms with Gasteiger partial charge in [-0.25, -0.2) is 0 Å². The number of pyridine rings is 1. The van der Waals surface area contributed by atoms with Crippen LogP contribution in [0.4, 0.5) is 0 Å². The smallest absolute Gasteiger partial charge is 0.224 e. The summed E-state index contributed by atoms with van der Waals surface area (Å²) in [5.41, 5.74) is 3.53. The molecule has 35 heavy (non-hydrogen) atoms. The molecule has 0 unspecified atom stereocenters. The second-order valence-electron chi connectivity index (χ2n) is 9.46. The molecule has 4 nitrogen and oxygen atoms in total. The van der Waals surface area contributed by atoms with Crippen molar-refractivity contribution in [3.05, 3.63) is 114 Å². The lowest BCUT2D eigenvalue weighted by Gasteiger charge is -2.26. The van der Waals surface area contributed by atoms with Crippen LogP contribution < -0.4 is 0 Å². The third-order valence-electron chi connectivity index (χ3n) is 6.86. The quantitative estimate of drug-likeness (QED) is 0.279. The summed E-state index contributed by atoms with van der Waals surface area (Å²) < 4.78 is 0. The summed E-state index contributed by atoms with van der Waals surface area (Å²) in [5, 5.41) is 2.59. The van der Waals surface area contributed by atoms with Crippen LogP contribution in [0.15, 0.2) is 97.2 Å². The van der Waals surface area contributed by atoms with E-state index in [-0.39, 0.29) is 5.91 Å². The van der Waals surface area contributed by atoms with Gasteiger partial charge in [-0.3, -0.25) is 14.7 Å². The average Bonchev–Trinajstić information content (AvgIpc) is 3.76. The normalized spacial score (nSPS) is 13.3. The average molecular weight is 464 g/mol. The van der Waals surface area contributed by atoms with Gasteiger partial charge in [0.05, 0.1) is 0 Å². The standard InChI is InChI=1S/C31H33N3O/c35-31(34(23-25-9-2-1-3-10-25)21-18-28-14-6-7-20-32-28)19-22-33(29-16-17-29)24-27-13-8-12-26-11-4-5-15-30(26)27/h1-15,20,29H,16-19,21-24H2. The van der Waals surface area contributed by atoms with E-state index in [2.05, 4.69) is 64.5 Å². The molecule has 0 saturated heterocycles. The fourth-order valence-corrected chi connectivity index (χ4v) is 4.77. The summed E-state index contributed by atoms with van der Waals surface area (Å²) in [6.45, 7) is 3.00. The number of carbonyl (C=O) groups is 1. The van der Waals surface area contributed by atoms with E-state index < -0.39 is 0 Å². The summed E-state index contributed by atoms with van der Waals surface area (Å²) in [5.74, 6) is 0.216.